The molecule has 9 aromatic carbocycles. The van der Waals surface area contributed by atoms with Crippen molar-refractivity contribution in [3.8, 4) is 89.7 Å². The maximum Gasteiger partial charge on any atom is 0.0885 e. The van der Waals surface area contributed by atoms with Crippen molar-refractivity contribution < 1.29 is 0 Å². The molecule has 0 N–H and O–H groups in total. The summed E-state index contributed by atoms with van der Waals surface area (Å²) in [5.41, 5.74) is 44.5. The quantitative estimate of drug-likeness (QED) is 0.0708. The molecule has 0 spiro atoms. The van der Waals surface area contributed by atoms with Gasteiger partial charge in [0.05, 0.1) is 46.6 Å². The molecule has 2 saturated carbocycles. The predicted octanol–water partition coefficient (Wildman–Crippen LogP) is 38.4. The van der Waals surface area contributed by atoms with Crippen molar-refractivity contribution in [2.24, 2.45) is 17.3 Å². The molecule has 752 valence electrons. The highest BCUT2D eigenvalue weighted by atomic mass is 14.8. The highest BCUT2D eigenvalue weighted by Gasteiger charge is 2.40. The summed E-state index contributed by atoms with van der Waals surface area (Å²) in [4.78, 5) is 30.3. The van der Waals surface area contributed by atoms with Gasteiger partial charge in [-0.1, -0.05) is 440 Å². The van der Waals surface area contributed by atoms with Gasteiger partial charge in [0.15, 0.2) is 0 Å². The van der Waals surface area contributed by atoms with Crippen LogP contribution in [0.5, 0.6) is 0 Å². The van der Waals surface area contributed by atoms with Crippen molar-refractivity contribution in [1.29, 1.82) is 0 Å². The van der Waals surface area contributed by atoms with Crippen LogP contribution in [0.2, 0.25) is 0 Å². The molecule has 4 aliphatic rings. The van der Waals surface area contributed by atoms with Gasteiger partial charge >= 0.3 is 0 Å². The van der Waals surface area contributed by atoms with Gasteiger partial charge in [0.2, 0.25) is 0 Å². The fraction of sp³-hybridized carbons (Fsp3) is 0.324. The number of benzene rings is 9. The van der Waals surface area contributed by atoms with Crippen LogP contribution in [0, 0.1) is 17.3 Å². The maximum absolute atomic E-state index is 5.25. The van der Waals surface area contributed by atoms with Crippen molar-refractivity contribution in [3.05, 3.63) is 454 Å². The van der Waals surface area contributed by atoms with E-state index in [4.69, 9.17) is 29.9 Å². The Balaban J connectivity index is 0.670. The zero-order valence-electron chi connectivity index (χ0n) is 92.5. The third-order valence-electron chi connectivity index (χ3n) is 31.5. The monoisotopic (exact) mass is 1940 g/mol. The van der Waals surface area contributed by atoms with Gasteiger partial charge < -0.3 is 0 Å². The Hall–Kier alpha value is -13.7. The normalized spacial score (nSPS) is 18.0. The number of allylic oxidation sites excluding steroid dienone is 17. The highest BCUT2D eigenvalue weighted by Crippen LogP contribution is 2.57. The largest absolute Gasteiger partial charge is 0.256 e. The average molecular weight is 1940 g/mol. The van der Waals surface area contributed by atoms with E-state index in [9.17, 15) is 0 Å². The Bertz CT molecular complexity index is 7480. The van der Waals surface area contributed by atoms with E-state index in [0.717, 1.165) is 119 Å². The van der Waals surface area contributed by atoms with Crippen molar-refractivity contribution in [1.82, 2.24) is 29.9 Å². The molecule has 18 rings (SSSR count). The summed E-state index contributed by atoms with van der Waals surface area (Å²) in [5.74, 6) is 1.20. The zero-order chi connectivity index (χ0) is 105. The molecule has 6 atom stereocenters. The molecule has 0 saturated heterocycles. The van der Waals surface area contributed by atoms with Crippen LogP contribution >= 0.6 is 0 Å². The lowest BCUT2D eigenvalue weighted by Gasteiger charge is -2.39. The molecular weight excluding hydrogens is 1790 g/mol. The molecule has 2 fully saturated rings. The lowest BCUT2D eigenvalue weighted by atomic mass is 9.65. The van der Waals surface area contributed by atoms with E-state index in [1.165, 1.54) is 139 Å². The number of rotatable bonds is 20. The van der Waals surface area contributed by atoms with Crippen molar-refractivity contribution in [2.45, 2.75) is 279 Å². The van der Waals surface area contributed by atoms with Gasteiger partial charge in [-0.25, -0.2) is 0 Å². The van der Waals surface area contributed by atoms with Crippen LogP contribution in [0.25, 0.3) is 112 Å². The van der Waals surface area contributed by atoms with E-state index >= 15 is 0 Å². The topological polar surface area (TPSA) is 77.3 Å². The first-order valence-electron chi connectivity index (χ1n) is 54.2. The van der Waals surface area contributed by atoms with E-state index in [1.54, 1.807) is 0 Å². The van der Waals surface area contributed by atoms with Crippen LogP contribution in [-0.2, 0) is 37.9 Å². The Labute approximate surface area is 886 Å². The lowest BCUT2D eigenvalue weighted by molar-refractivity contribution is 0.325. The zero-order valence-corrected chi connectivity index (χ0v) is 92.5. The van der Waals surface area contributed by atoms with Gasteiger partial charge in [-0.05, 0) is 323 Å². The van der Waals surface area contributed by atoms with Crippen LogP contribution in [0.15, 0.2) is 370 Å². The molecular formula is C142H154N6. The van der Waals surface area contributed by atoms with Crippen molar-refractivity contribution in [3.63, 3.8) is 0 Å². The predicted molar refractivity (Wildman–Crippen MR) is 631 cm³/mol. The second kappa shape index (κ2) is 42.2. The van der Waals surface area contributed by atoms with E-state index < -0.39 is 0 Å². The summed E-state index contributed by atoms with van der Waals surface area (Å²) in [7, 11) is 0. The van der Waals surface area contributed by atoms with Gasteiger partial charge in [-0.3, -0.25) is 29.9 Å². The Morgan fingerprint density at radius 3 is 1.06 bits per heavy atom. The Morgan fingerprint density at radius 2 is 0.642 bits per heavy atom. The van der Waals surface area contributed by atoms with Crippen LogP contribution < -0.4 is 0 Å². The smallest absolute Gasteiger partial charge is 0.0885 e. The Kier molecular flexibility index (Phi) is 29.7. The summed E-state index contributed by atoms with van der Waals surface area (Å²) in [6.45, 7) is 60.0. The summed E-state index contributed by atoms with van der Waals surface area (Å²) < 4.78 is 0. The van der Waals surface area contributed by atoms with Gasteiger partial charge in [0.25, 0.3) is 0 Å². The van der Waals surface area contributed by atoms with E-state index in [1.807, 2.05) is 43.3 Å². The molecule has 0 aliphatic heterocycles. The molecule has 0 amide bonds. The molecule has 6 unspecified atom stereocenters. The van der Waals surface area contributed by atoms with Gasteiger partial charge in [0.1, 0.15) is 0 Å². The van der Waals surface area contributed by atoms with Gasteiger partial charge in [-0.15, -0.1) is 0 Å². The minimum Gasteiger partial charge on any atom is -0.256 e. The molecule has 14 aromatic rings. The maximum atomic E-state index is 5.25. The number of hydrogen-bond acceptors (Lipinski definition) is 6. The molecule has 0 bridgehead atoms. The fourth-order valence-electron chi connectivity index (χ4n) is 22.8. The Morgan fingerprint density at radius 1 is 0.291 bits per heavy atom. The van der Waals surface area contributed by atoms with E-state index in [-0.39, 0.29) is 78.8 Å². The first-order valence-corrected chi connectivity index (χ1v) is 54.2. The fourth-order valence-corrected chi connectivity index (χ4v) is 22.8. The van der Waals surface area contributed by atoms with Gasteiger partial charge in [-0.2, -0.15) is 0 Å². The SMILES string of the molecule is C=C/C=C(\C(=C/C(C)(C)C)c1ccc(-c2cc(C(C)(C)C)ccn2)cc1)C1CC(c2ccccc2-c2ccc(-c3cnc(-c4ccc(C5=C(C6CC(c7ccc(C(C)(C)C)cc7C7=CC=C(c8cc(C(C)(C)C)ccn8)C=CC7)CC(c7ccc(C(C)(C)C)cc7-c7ccc(-c8cc(C(C)(C)C)ccn8)cc7)C6)C=CC=CC5)cc4)cn3)cc2)CC(c2ccc(C(C)(C)C)cc2-c2ccc(-c3cc(C(C)(C)C)ccn3)cc2)C1. The summed E-state index contributed by atoms with van der Waals surface area (Å²) in [6.07, 6.45) is 45.1. The summed E-state index contributed by atoms with van der Waals surface area (Å²) in [5, 5.41) is 0. The third kappa shape index (κ3) is 23.8. The summed E-state index contributed by atoms with van der Waals surface area (Å²) >= 11 is 0. The molecule has 4 aliphatic carbocycles. The first kappa shape index (κ1) is 104. The number of hydrogen-bond donors (Lipinski definition) is 0. The minimum absolute atomic E-state index is 0.00149. The minimum atomic E-state index is -0.148. The van der Waals surface area contributed by atoms with Gasteiger partial charge in [0, 0.05) is 52.6 Å². The third-order valence-corrected chi connectivity index (χ3v) is 31.5. The number of aromatic nitrogens is 6. The number of nitrogens with zero attached hydrogens (tertiary/aromatic N) is 6. The molecule has 0 radical (unpaired) electrons. The molecule has 148 heavy (non-hydrogen) atoms. The van der Waals surface area contributed by atoms with Crippen LogP contribution in [0.4, 0.5) is 0 Å². The molecule has 6 heteroatoms. The lowest BCUT2D eigenvalue weighted by Crippen LogP contribution is -2.24. The first-order chi connectivity index (χ1) is 70.3. The number of pyridine rings is 4. The molecule has 5 heterocycles. The van der Waals surface area contributed by atoms with Crippen LogP contribution in [-0.4, -0.2) is 29.9 Å². The molecule has 6 nitrogen and oxygen atoms in total. The standard InChI is InChI=1S/C142H154N6/c1-26-33-117(128(89-135(2,3)4)97-49-56-101(57-50-97)132-88-116(71-75-146-132)142(23,24)25)104-76-105(78-107(77-104)123-66-63-111(137(8,9)10)83-126(123)95-45-52-99(53-46-95)130-86-114(69-73-144-130)140(17,18)19)121-39-31-30-38-119(121)94-43-60-103(61-44-94)134-91-147-133(90-148-134)102-58-41-93(42-59-102)118-36-28-27-29-37-120(118)106-79-108(122-65-62-110(136(5,6)7)82-125(122)92-34-32-35-98(51-40-92)129-85-113(68-72-143-129)139(14,15)16)81-109(80-106)124-67-64-112(138(11,12)13)84-127(124)96-47-54-100(55-48-96)131-87-115(70-74-145-131)141(20,21)22/h26-33,35,37-75,82-91,104-109H,1,34,36,76-81H2,2-25H3/b117-33-,128-89-. The second-order valence-electron chi connectivity index (χ2n) is 50.9. The summed E-state index contributed by atoms with van der Waals surface area (Å²) in [6, 6.07) is 95.6. The average Bonchev–Trinajstić information content (AvgIpc) is 0.928. The van der Waals surface area contributed by atoms with E-state index in [0.29, 0.717) is 0 Å². The van der Waals surface area contributed by atoms with E-state index in [2.05, 4.69) is 482 Å². The van der Waals surface area contributed by atoms with Crippen molar-refractivity contribution >= 4 is 22.3 Å². The highest BCUT2D eigenvalue weighted by molar-refractivity contribution is 5.85. The van der Waals surface area contributed by atoms with Crippen LogP contribution in [0.1, 0.15) is 325 Å². The van der Waals surface area contributed by atoms with Crippen LogP contribution in [0.3, 0.4) is 0 Å². The molecule has 5 aromatic heterocycles. The van der Waals surface area contributed by atoms with Crippen molar-refractivity contribution in [2.75, 3.05) is 0 Å². The second-order valence-corrected chi connectivity index (χ2v) is 50.9.